The summed E-state index contributed by atoms with van der Waals surface area (Å²) in [5.74, 6) is 0.0805. The highest BCUT2D eigenvalue weighted by atomic mass is 35.5. The van der Waals surface area contributed by atoms with Gasteiger partial charge in [0, 0.05) is 36.9 Å². The lowest BCUT2D eigenvalue weighted by molar-refractivity contribution is -0.123. The van der Waals surface area contributed by atoms with Gasteiger partial charge in [-0.15, -0.1) is 0 Å². The smallest absolute Gasteiger partial charge is 0.234 e. The van der Waals surface area contributed by atoms with Crippen LogP contribution in [0.1, 0.15) is 29.7 Å². The van der Waals surface area contributed by atoms with E-state index in [-0.39, 0.29) is 11.9 Å². The first-order valence-electron chi connectivity index (χ1n) is 9.52. The normalized spacial score (nSPS) is 16.2. The molecule has 0 radical (unpaired) electrons. The van der Waals surface area contributed by atoms with E-state index in [4.69, 9.17) is 11.6 Å². The molecule has 0 spiro atoms. The van der Waals surface area contributed by atoms with Crippen molar-refractivity contribution >= 4 is 23.2 Å². The molecule has 0 bridgehead atoms. The van der Waals surface area contributed by atoms with E-state index in [2.05, 4.69) is 53.2 Å². The maximum Gasteiger partial charge on any atom is 0.234 e. The summed E-state index contributed by atoms with van der Waals surface area (Å²) in [7, 11) is 0. The number of hydrogen-bond donors (Lipinski definition) is 1. The Hall–Kier alpha value is -2.04. The fourth-order valence-corrected chi connectivity index (χ4v) is 3.63. The fraction of sp³-hybridized carbons (Fsp3) is 0.409. The van der Waals surface area contributed by atoms with E-state index in [1.165, 1.54) is 11.1 Å². The average molecular weight is 386 g/mol. The minimum atomic E-state index is 0.0181. The van der Waals surface area contributed by atoms with Crippen molar-refractivity contribution in [2.75, 3.05) is 37.6 Å². The van der Waals surface area contributed by atoms with Crippen molar-refractivity contribution in [2.45, 2.75) is 26.8 Å². The van der Waals surface area contributed by atoms with Gasteiger partial charge in [0.15, 0.2) is 0 Å². The molecule has 3 rings (SSSR count). The van der Waals surface area contributed by atoms with E-state index < -0.39 is 0 Å². The van der Waals surface area contributed by atoms with Gasteiger partial charge in [-0.25, -0.2) is 0 Å². The number of benzene rings is 2. The molecule has 0 saturated carbocycles. The van der Waals surface area contributed by atoms with Crippen LogP contribution in [0.4, 0.5) is 5.69 Å². The molecule has 144 valence electrons. The first-order chi connectivity index (χ1) is 12.9. The van der Waals surface area contributed by atoms with E-state index >= 15 is 0 Å². The predicted molar refractivity (Wildman–Crippen MR) is 113 cm³/mol. The average Bonchev–Trinajstić information content (AvgIpc) is 2.64. The molecule has 1 atom stereocenters. The second-order valence-corrected chi connectivity index (χ2v) is 7.81. The first kappa shape index (κ1) is 19.7. The maximum absolute atomic E-state index is 12.5. The van der Waals surface area contributed by atoms with E-state index in [9.17, 15) is 4.79 Å². The molecule has 5 heteroatoms. The molecule has 1 fully saturated rings. The predicted octanol–water partition coefficient (Wildman–Crippen LogP) is 3.96. The van der Waals surface area contributed by atoms with Gasteiger partial charge in [-0.3, -0.25) is 9.69 Å². The standard InChI is InChI=1S/C22H28ClN3O/c1-16-7-8-19(13-17(16)2)18(3)24-22(27)15-25-9-11-26(12-10-25)21-6-4-5-20(23)14-21/h4-8,13-14,18H,9-12,15H2,1-3H3,(H,24,27)/t18-/m0/s1. The number of nitrogens with one attached hydrogen (secondary N) is 1. The molecule has 0 unspecified atom stereocenters. The van der Waals surface area contributed by atoms with Crippen molar-refractivity contribution in [2.24, 2.45) is 0 Å². The van der Waals surface area contributed by atoms with Crippen LogP contribution in [0.15, 0.2) is 42.5 Å². The summed E-state index contributed by atoms with van der Waals surface area (Å²) in [6.45, 7) is 10.2. The van der Waals surface area contributed by atoms with Gasteiger partial charge in [-0.2, -0.15) is 0 Å². The van der Waals surface area contributed by atoms with Crippen molar-refractivity contribution in [3.05, 3.63) is 64.2 Å². The number of rotatable bonds is 5. The molecular weight excluding hydrogens is 358 g/mol. The van der Waals surface area contributed by atoms with E-state index in [0.717, 1.165) is 42.5 Å². The summed E-state index contributed by atoms with van der Waals surface area (Å²) >= 11 is 6.09. The number of piperazine rings is 1. The molecule has 1 N–H and O–H groups in total. The van der Waals surface area contributed by atoms with Crippen LogP contribution in [-0.4, -0.2) is 43.5 Å². The molecule has 2 aromatic rings. The third-order valence-corrected chi connectivity index (χ3v) is 5.56. The molecule has 0 aromatic heterocycles. The number of anilines is 1. The third-order valence-electron chi connectivity index (χ3n) is 5.32. The Kier molecular flexibility index (Phi) is 6.40. The Morgan fingerprint density at radius 3 is 2.48 bits per heavy atom. The molecule has 1 saturated heterocycles. The molecular formula is C22H28ClN3O. The van der Waals surface area contributed by atoms with Crippen LogP contribution >= 0.6 is 11.6 Å². The third kappa shape index (κ3) is 5.24. The number of hydrogen-bond acceptors (Lipinski definition) is 3. The second-order valence-electron chi connectivity index (χ2n) is 7.38. The Labute approximate surface area is 167 Å². The van der Waals surface area contributed by atoms with Crippen molar-refractivity contribution in [1.82, 2.24) is 10.2 Å². The number of halogens is 1. The zero-order chi connectivity index (χ0) is 19.4. The van der Waals surface area contributed by atoms with Gasteiger partial charge in [-0.05, 0) is 55.7 Å². The van der Waals surface area contributed by atoms with Crippen LogP contribution in [0.2, 0.25) is 5.02 Å². The number of amides is 1. The Balaban J connectivity index is 1.48. The molecule has 0 aliphatic carbocycles. The Morgan fingerprint density at radius 2 is 1.81 bits per heavy atom. The van der Waals surface area contributed by atoms with E-state index in [1.54, 1.807) is 0 Å². The summed E-state index contributed by atoms with van der Waals surface area (Å²) in [6, 6.07) is 14.3. The lowest BCUT2D eigenvalue weighted by Crippen LogP contribution is -2.49. The molecule has 1 aliphatic heterocycles. The van der Waals surface area contributed by atoms with Crippen molar-refractivity contribution in [3.63, 3.8) is 0 Å². The molecule has 4 nitrogen and oxygen atoms in total. The lowest BCUT2D eigenvalue weighted by Gasteiger charge is -2.36. The van der Waals surface area contributed by atoms with Gasteiger partial charge in [0.05, 0.1) is 12.6 Å². The summed E-state index contributed by atoms with van der Waals surface area (Å²) in [5.41, 5.74) is 4.83. The minimum Gasteiger partial charge on any atom is -0.369 e. The number of nitrogens with zero attached hydrogens (tertiary/aromatic N) is 2. The van der Waals surface area contributed by atoms with Gasteiger partial charge in [0.2, 0.25) is 5.91 Å². The molecule has 27 heavy (non-hydrogen) atoms. The van der Waals surface area contributed by atoms with Gasteiger partial charge >= 0.3 is 0 Å². The second kappa shape index (κ2) is 8.77. The Morgan fingerprint density at radius 1 is 1.07 bits per heavy atom. The molecule has 1 aliphatic rings. The molecule has 2 aromatic carbocycles. The van der Waals surface area contributed by atoms with Gasteiger partial charge in [0.25, 0.3) is 0 Å². The van der Waals surface area contributed by atoms with Crippen LogP contribution in [0, 0.1) is 13.8 Å². The fourth-order valence-electron chi connectivity index (χ4n) is 3.44. The van der Waals surface area contributed by atoms with Crippen LogP contribution in [-0.2, 0) is 4.79 Å². The zero-order valence-electron chi connectivity index (χ0n) is 16.3. The number of carbonyl (C=O) groups is 1. The maximum atomic E-state index is 12.5. The van der Waals surface area contributed by atoms with Crippen molar-refractivity contribution in [1.29, 1.82) is 0 Å². The van der Waals surface area contributed by atoms with E-state index in [1.807, 2.05) is 25.1 Å². The zero-order valence-corrected chi connectivity index (χ0v) is 17.1. The molecule has 1 amide bonds. The summed E-state index contributed by atoms with van der Waals surface area (Å²) in [4.78, 5) is 17.0. The van der Waals surface area contributed by atoms with Gasteiger partial charge in [0.1, 0.15) is 0 Å². The van der Waals surface area contributed by atoms with Crippen molar-refractivity contribution < 1.29 is 4.79 Å². The van der Waals surface area contributed by atoms with Gasteiger partial charge in [-0.1, -0.05) is 35.9 Å². The van der Waals surface area contributed by atoms with Crippen molar-refractivity contribution in [3.8, 4) is 0 Å². The quantitative estimate of drug-likeness (QED) is 0.846. The highest BCUT2D eigenvalue weighted by molar-refractivity contribution is 6.30. The minimum absolute atomic E-state index is 0.0181. The van der Waals surface area contributed by atoms with Crippen LogP contribution < -0.4 is 10.2 Å². The number of aryl methyl sites for hydroxylation is 2. The lowest BCUT2D eigenvalue weighted by atomic mass is 10.0. The Bertz CT molecular complexity index is 800. The van der Waals surface area contributed by atoms with Crippen LogP contribution in [0.25, 0.3) is 0 Å². The topological polar surface area (TPSA) is 35.6 Å². The van der Waals surface area contributed by atoms with E-state index in [0.29, 0.717) is 6.54 Å². The summed E-state index contributed by atoms with van der Waals surface area (Å²) in [6.07, 6.45) is 0. The highest BCUT2D eigenvalue weighted by Crippen LogP contribution is 2.21. The van der Waals surface area contributed by atoms with Gasteiger partial charge < -0.3 is 10.2 Å². The largest absolute Gasteiger partial charge is 0.369 e. The molecule has 1 heterocycles. The van der Waals surface area contributed by atoms with Crippen LogP contribution in [0.5, 0.6) is 0 Å². The monoisotopic (exact) mass is 385 g/mol. The SMILES string of the molecule is Cc1ccc([C@H](C)NC(=O)CN2CCN(c3cccc(Cl)c3)CC2)cc1C. The van der Waals surface area contributed by atoms with Crippen LogP contribution in [0.3, 0.4) is 0 Å². The summed E-state index contributed by atoms with van der Waals surface area (Å²) < 4.78 is 0. The first-order valence-corrected chi connectivity index (χ1v) is 9.89. The summed E-state index contributed by atoms with van der Waals surface area (Å²) in [5, 5.41) is 3.89. The number of carbonyl (C=O) groups excluding carboxylic acids is 1. The highest BCUT2D eigenvalue weighted by Gasteiger charge is 2.20.